The number of nitrogens with one attached hydrogen (secondary N) is 2. The normalized spacial score (nSPS) is 16.2. The van der Waals surface area contributed by atoms with Crippen LogP contribution in [0.3, 0.4) is 0 Å². The molecule has 0 bridgehead atoms. The van der Waals surface area contributed by atoms with Gasteiger partial charge in [0.15, 0.2) is 5.96 Å². The summed E-state index contributed by atoms with van der Waals surface area (Å²) in [6.07, 6.45) is 3.74. The molecule has 7 nitrogen and oxygen atoms in total. The minimum Gasteiger partial charge on any atom is -0.379 e. The van der Waals surface area contributed by atoms with E-state index in [-0.39, 0.29) is 0 Å². The number of ether oxygens (including phenoxy) is 1. The number of likely N-dealkylation sites (N-methyl/N-ethyl adjacent to an activating group) is 1. The van der Waals surface area contributed by atoms with E-state index < -0.39 is 10.0 Å². The monoisotopic (exact) mass is 306 g/mol. The summed E-state index contributed by atoms with van der Waals surface area (Å²) in [5.41, 5.74) is 0. The molecule has 0 radical (unpaired) electrons. The van der Waals surface area contributed by atoms with Crippen LogP contribution in [0, 0.1) is 5.92 Å². The van der Waals surface area contributed by atoms with Crippen molar-refractivity contribution >= 4 is 16.0 Å². The van der Waals surface area contributed by atoms with Gasteiger partial charge >= 0.3 is 0 Å². The first-order valence-electron chi connectivity index (χ1n) is 6.86. The molecule has 8 heteroatoms. The molecule has 0 aromatic heterocycles. The Balaban J connectivity index is 2.12. The summed E-state index contributed by atoms with van der Waals surface area (Å²) in [5.74, 6) is 1.51. The molecule has 0 aromatic rings. The average Bonchev–Trinajstić information content (AvgIpc) is 3.17. The van der Waals surface area contributed by atoms with Crippen LogP contribution in [0.15, 0.2) is 4.99 Å². The van der Waals surface area contributed by atoms with Crippen LogP contribution in [0.25, 0.3) is 0 Å². The Morgan fingerprint density at radius 1 is 1.40 bits per heavy atom. The second-order valence-corrected chi connectivity index (χ2v) is 6.91. The highest BCUT2D eigenvalue weighted by Gasteiger charge is 2.21. The third kappa shape index (κ3) is 8.34. The number of guanidine groups is 1. The van der Waals surface area contributed by atoms with Gasteiger partial charge in [0, 0.05) is 40.3 Å². The van der Waals surface area contributed by atoms with Crippen LogP contribution in [-0.2, 0) is 14.8 Å². The van der Waals surface area contributed by atoms with Crippen LogP contribution < -0.4 is 10.0 Å². The quantitative estimate of drug-likeness (QED) is 0.340. The smallest absolute Gasteiger partial charge is 0.208 e. The molecule has 0 spiro atoms. The van der Waals surface area contributed by atoms with Crippen molar-refractivity contribution < 1.29 is 13.2 Å². The van der Waals surface area contributed by atoms with E-state index in [9.17, 15) is 8.42 Å². The maximum atomic E-state index is 10.9. The molecule has 20 heavy (non-hydrogen) atoms. The summed E-state index contributed by atoms with van der Waals surface area (Å²) in [6.45, 7) is 3.12. The highest BCUT2D eigenvalue weighted by atomic mass is 32.2. The van der Waals surface area contributed by atoms with Crippen molar-refractivity contribution in [2.45, 2.75) is 12.8 Å². The molecule has 1 aliphatic rings. The SMILES string of the molecule is CN=C(NCCNS(C)(=O)=O)N(C)CCOCC1CC1. The van der Waals surface area contributed by atoms with Crippen LogP contribution in [0.1, 0.15) is 12.8 Å². The number of hydrogen-bond acceptors (Lipinski definition) is 4. The molecule has 0 aliphatic heterocycles. The van der Waals surface area contributed by atoms with E-state index in [1.807, 2.05) is 11.9 Å². The summed E-state index contributed by atoms with van der Waals surface area (Å²) in [7, 11) is 0.500. The van der Waals surface area contributed by atoms with Gasteiger partial charge in [0.05, 0.1) is 12.9 Å². The molecule has 0 aromatic carbocycles. The predicted molar refractivity (Wildman–Crippen MR) is 80.4 cm³/mol. The van der Waals surface area contributed by atoms with E-state index >= 15 is 0 Å². The maximum Gasteiger partial charge on any atom is 0.208 e. The van der Waals surface area contributed by atoms with Crippen LogP contribution in [-0.4, -0.2) is 72.5 Å². The van der Waals surface area contributed by atoms with Crippen molar-refractivity contribution in [3.8, 4) is 0 Å². The Bertz CT molecular complexity index is 407. The van der Waals surface area contributed by atoms with E-state index in [4.69, 9.17) is 4.74 Å². The maximum absolute atomic E-state index is 10.9. The number of sulfonamides is 1. The van der Waals surface area contributed by atoms with Gasteiger partial charge in [0.1, 0.15) is 0 Å². The van der Waals surface area contributed by atoms with Crippen LogP contribution in [0.5, 0.6) is 0 Å². The van der Waals surface area contributed by atoms with E-state index in [1.165, 1.54) is 12.8 Å². The fourth-order valence-corrected chi connectivity index (χ4v) is 2.11. The standard InChI is InChI=1S/C12H26N4O3S/c1-13-12(14-6-7-15-20(3,17)18)16(2)8-9-19-10-11-4-5-11/h11,15H,4-10H2,1-3H3,(H,13,14). The van der Waals surface area contributed by atoms with Gasteiger partial charge in [-0.2, -0.15) is 0 Å². The third-order valence-electron chi connectivity index (χ3n) is 2.97. The largest absolute Gasteiger partial charge is 0.379 e. The van der Waals surface area contributed by atoms with Crippen LogP contribution in [0.2, 0.25) is 0 Å². The topological polar surface area (TPSA) is 83.0 Å². The number of hydrogen-bond donors (Lipinski definition) is 2. The van der Waals surface area contributed by atoms with Crippen LogP contribution >= 0.6 is 0 Å². The van der Waals surface area contributed by atoms with Crippen molar-refractivity contribution in [1.29, 1.82) is 0 Å². The van der Waals surface area contributed by atoms with Gasteiger partial charge in [-0.3, -0.25) is 4.99 Å². The number of rotatable bonds is 9. The zero-order valence-electron chi connectivity index (χ0n) is 12.6. The van der Waals surface area contributed by atoms with Gasteiger partial charge in [0.2, 0.25) is 10.0 Å². The van der Waals surface area contributed by atoms with Crippen molar-refractivity contribution in [1.82, 2.24) is 14.9 Å². The van der Waals surface area contributed by atoms with Gasteiger partial charge in [-0.25, -0.2) is 13.1 Å². The van der Waals surface area contributed by atoms with Crippen LogP contribution in [0.4, 0.5) is 0 Å². The minimum absolute atomic E-state index is 0.337. The first kappa shape index (κ1) is 17.2. The van der Waals surface area contributed by atoms with Crippen molar-refractivity contribution in [3.63, 3.8) is 0 Å². The first-order chi connectivity index (χ1) is 9.42. The lowest BCUT2D eigenvalue weighted by molar-refractivity contribution is 0.115. The molecule has 0 saturated heterocycles. The molecule has 1 aliphatic carbocycles. The molecule has 0 amide bonds. The summed E-state index contributed by atoms with van der Waals surface area (Å²) < 4.78 is 29.8. The molecule has 118 valence electrons. The van der Waals surface area contributed by atoms with Gasteiger partial charge in [-0.05, 0) is 18.8 Å². The Labute approximate surface area is 121 Å². The first-order valence-corrected chi connectivity index (χ1v) is 8.75. The van der Waals surface area contributed by atoms with Crippen molar-refractivity contribution in [2.75, 3.05) is 53.2 Å². The third-order valence-corrected chi connectivity index (χ3v) is 3.70. The summed E-state index contributed by atoms with van der Waals surface area (Å²) in [4.78, 5) is 6.11. The Morgan fingerprint density at radius 3 is 2.65 bits per heavy atom. The van der Waals surface area contributed by atoms with Crippen molar-refractivity contribution in [3.05, 3.63) is 0 Å². The zero-order chi connectivity index (χ0) is 15.0. The molecular weight excluding hydrogens is 280 g/mol. The molecule has 0 heterocycles. The van der Waals surface area contributed by atoms with Gasteiger partial charge in [-0.1, -0.05) is 0 Å². The second kappa shape index (κ2) is 8.43. The fraction of sp³-hybridized carbons (Fsp3) is 0.917. The fourth-order valence-electron chi connectivity index (χ4n) is 1.64. The molecule has 0 atom stereocenters. The molecule has 2 N–H and O–H groups in total. The van der Waals surface area contributed by atoms with Gasteiger partial charge in [-0.15, -0.1) is 0 Å². The Morgan fingerprint density at radius 2 is 2.10 bits per heavy atom. The van der Waals surface area contributed by atoms with E-state index in [0.717, 1.165) is 31.3 Å². The second-order valence-electron chi connectivity index (χ2n) is 5.08. The van der Waals surface area contributed by atoms with E-state index in [0.29, 0.717) is 19.7 Å². The molecule has 1 saturated carbocycles. The molecule has 1 rings (SSSR count). The lowest BCUT2D eigenvalue weighted by atomic mass is 10.5. The number of aliphatic imine (C=N–C) groups is 1. The van der Waals surface area contributed by atoms with Crippen molar-refractivity contribution in [2.24, 2.45) is 10.9 Å². The molecule has 0 unspecified atom stereocenters. The highest BCUT2D eigenvalue weighted by molar-refractivity contribution is 7.88. The Hall–Kier alpha value is -0.860. The number of nitrogens with zero attached hydrogens (tertiary/aromatic N) is 2. The van der Waals surface area contributed by atoms with Gasteiger partial charge in [0.25, 0.3) is 0 Å². The van der Waals surface area contributed by atoms with E-state index in [1.54, 1.807) is 7.05 Å². The molecule has 1 fully saturated rings. The van der Waals surface area contributed by atoms with Gasteiger partial charge < -0.3 is 15.0 Å². The lowest BCUT2D eigenvalue weighted by Crippen LogP contribution is -2.43. The zero-order valence-corrected chi connectivity index (χ0v) is 13.4. The molecular formula is C12H26N4O3S. The Kier molecular flexibility index (Phi) is 7.25. The minimum atomic E-state index is -3.13. The highest BCUT2D eigenvalue weighted by Crippen LogP contribution is 2.28. The summed E-state index contributed by atoms with van der Waals surface area (Å²) >= 11 is 0. The summed E-state index contributed by atoms with van der Waals surface area (Å²) in [6, 6.07) is 0. The average molecular weight is 306 g/mol. The predicted octanol–water partition coefficient (Wildman–Crippen LogP) is -0.531. The summed E-state index contributed by atoms with van der Waals surface area (Å²) in [5, 5.41) is 3.10. The lowest BCUT2D eigenvalue weighted by Gasteiger charge is -2.22. The van der Waals surface area contributed by atoms with E-state index in [2.05, 4.69) is 15.0 Å².